The maximum Gasteiger partial charge on any atom is 0.410 e. The monoisotopic (exact) mass is 560 g/mol. The number of carbonyl (C=O) groups is 3. The number of esters is 1. The molecule has 0 aromatic carbocycles. The molecule has 212 valence electrons. The third kappa shape index (κ3) is 5.64. The van der Waals surface area contributed by atoms with Crippen LogP contribution in [0.3, 0.4) is 0 Å². The van der Waals surface area contributed by atoms with Crippen LogP contribution in [0.15, 0.2) is 48.3 Å². The molecule has 0 radical (unpaired) electrons. The van der Waals surface area contributed by atoms with E-state index in [1.54, 1.807) is 24.2 Å². The molecule has 3 aliphatic rings. The smallest absolute Gasteiger partial charge is 0.410 e. The molecule has 1 aromatic heterocycles. The molecule has 0 bridgehead atoms. The van der Waals surface area contributed by atoms with Crippen molar-refractivity contribution in [1.82, 2.24) is 19.4 Å². The number of hydrogen-bond acceptors (Lipinski definition) is 9. The Morgan fingerprint density at radius 1 is 1.28 bits per heavy atom. The predicted octanol–water partition coefficient (Wildman–Crippen LogP) is 2.06. The number of aromatic nitrogens is 2. The van der Waals surface area contributed by atoms with Gasteiger partial charge in [-0.25, -0.2) is 14.6 Å². The zero-order valence-corrected chi connectivity index (χ0v) is 23.1. The van der Waals surface area contributed by atoms with E-state index in [9.17, 15) is 24.6 Å². The van der Waals surface area contributed by atoms with Crippen LogP contribution >= 0.6 is 11.8 Å². The summed E-state index contributed by atoms with van der Waals surface area (Å²) >= 11 is 1.48. The normalized spacial score (nSPS) is 26.8. The minimum Gasteiger partial charge on any atom is -0.457 e. The van der Waals surface area contributed by atoms with Gasteiger partial charge in [0.1, 0.15) is 31.3 Å². The Morgan fingerprint density at radius 3 is 2.67 bits per heavy atom. The van der Waals surface area contributed by atoms with Crippen molar-refractivity contribution in [1.29, 1.82) is 0 Å². The lowest BCUT2D eigenvalue weighted by Crippen LogP contribution is -2.63. The van der Waals surface area contributed by atoms with Gasteiger partial charge in [-0.3, -0.25) is 4.79 Å². The summed E-state index contributed by atoms with van der Waals surface area (Å²) in [6.45, 7) is 11.6. The highest BCUT2D eigenvalue weighted by Crippen LogP contribution is 2.52. The third-order valence-corrected chi connectivity index (χ3v) is 9.00. The molecule has 12 heteroatoms. The Labute approximate surface area is 232 Å². The highest BCUT2D eigenvalue weighted by molar-refractivity contribution is 8.03. The highest BCUT2D eigenvalue weighted by atomic mass is 32.2. The Hall–Kier alpha value is -3.09. The van der Waals surface area contributed by atoms with Crippen molar-refractivity contribution < 1.29 is 34.1 Å². The van der Waals surface area contributed by atoms with Crippen LogP contribution in [-0.4, -0.2) is 90.7 Å². The summed E-state index contributed by atoms with van der Waals surface area (Å²) in [6, 6.07) is -0.471. The molecule has 0 unspecified atom stereocenters. The lowest BCUT2D eigenvalue weighted by molar-refractivity contribution is -0.164. The van der Waals surface area contributed by atoms with Crippen molar-refractivity contribution in [3.05, 3.63) is 54.1 Å². The molecule has 6 atom stereocenters. The Morgan fingerprint density at radius 2 is 2.00 bits per heavy atom. The Bertz CT molecular complexity index is 1150. The molecule has 2 N–H and O–H groups in total. The highest BCUT2D eigenvalue weighted by Gasteiger charge is 2.60. The van der Waals surface area contributed by atoms with Crippen molar-refractivity contribution in [2.75, 3.05) is 19.8 Å². The first-order chi connectivity index (χ1) is 18.7. The third-order valence-electron chi connectivity index (χ3n) is 7.51. The van der Waals surface area contributed by atoms with E-state index in [1.807, 2.05) is 11.5 Å². The number of β-lactam (4-membered cyclic amide) rings is 1. The molecule has 2 saturated heterocycles. The molecule has 0 spiro atoms. The second-order valence-electron chi connectivity index (χ2n) is 9.98. The molecule has 0 aliphatic carbocycles. The fourth-order valence-corrected chi connectivity index (χ4v) is 7.26. The van der Waals surface area contributed by atoms with Crippen LogP contribution < -0.4 is 0 Å². The number of aliphatic hydroxyl groups excluding tert-OH is 2. The average Bonchev–Trinajstić information content (AvgIpc) is 3.60. The van der Waals surface area contributed by atoms with Gasteiger partial charge in [-0.05, 0) is 19.8 Å². The SMILES string of the molecule is C=CCOC(=O)C1=C(S[C@H]2C[C@@H](CCn3ccnc3CO)N(C(=O)OCC=C)C2)[C@H](C)[C@@H]2[C@@H]([C@@H](C)O)C(=O)N12. The van der Waals surface area contributed by atoms with E-state index in [0.29, 0.717) is 31.8 Å². The van der Waals surface area contributed by atoms with Crippen molar-refractivity contribution >= 4 is 29.7 Å². The molecule has 2 amide bonds. The summed E-state index contributed by atoms with van der Waals surface area (Å²) < 4.78 is 12.5. The number of carbonyl (C=O) groups excluding carboxylic acids is 3. The number of ether oxygens (including phenoxy) is 2. The van der Waals surface area contributed by atoms with Gasteiger partial charge in [-0.2, -0.15) is 0 Å². The van der Waals surface area contributed by atoms with Gasteiger partial charge in [0.15, 0.2) is 0 Å². The number of aliphatic hydroxyl groups is 2. The topological polar surface area (TPSA) is 134 Å². The maximum atomic E-state index is 13.1. The number of aryl methyl sites for hydroxylation is 1. The summed E-state index contributed by atoms with van der Waals surface area (Å²) in [4.78, 5) is 47.0. The predicted molar refractivity (Wildman–Crippen MR) is 144 cm³/mol. The molecule has 2 fully saturated rings. The molecule has 1 aromatic rings. The van der Waals surface area contributed by atoms with Crippen LogP contribution in [0, 0.1) is 11.8 Å². The molecular formula is C27H36N4O7S. The van der Waals surface area contributed by atoms with E-state index in [4.69, 9.17) is 9.47 Å². The fourth-order valence-electron chi connectivity index (χ4n) is 5.70. The quantitative estimate of drug-likeness (QED) is 0.224. The maximum absolute atomic E-state index is 13.1. The summed E-state index contributed by atoms with van der Waals surface area (Å²) in [5.41, 5.74) is 0.219. The number of likely N-dealkylation sites (tertiary alicyclic amines) is 1. The zero-order valence-electron chi connectivity index (χ0n) is 22.3. The van der Waals surface area contributed by atoms with E-state index >= 15 is 0 Å². The zero-order chi connectivity index (χ0) is 28.3. The molecule has 0 saturated carbocycles. The van der Waals surface area contributed by atoms with Gasteiger partial charge >= 0.3 is 12.1 Å². The first-order valence-electron chi connectivity index (χ1n) is 13.1. The summed E-state index contributed by atoms with van der Waals surface area (Å²) in [6.07, 6.45) is 6.37. The lowest BCUT2D eigenvalue weighted by Gasteiger charge is -2.46. The minimum absolute atomic E-state index is 0.0136. The van der Waals surface area contributed by atoms with Gasteiger partial charge in [0.2, 0.25) is 5.91 Å². The first-order valence-corrected chi connectivity index (χ1v) is 14.0. The van der Waals surface area contributed by atoms with Gasteiger partial charge in [-0.15, -0.1) is 11.8 Å². The second-order valence-corrected chi connectivity index (χ2v) is 11.3. The van der Waals surface area contributed by atoms with Crippen LogP contribution in [0.5, 0.6) is 0 Å². The first kappa shape index (κ1) is 28.9. The van der Waals surface area contributed by atoms with Crippen LogP contribution in [0.1, 0.15) is 32.5 Å². The summed E-state index contributed by atoms with van der Waals surface area (Å²) in [7, 11) is 0. The number of rotatable bonds is 12. The van der Waals surface area contributed by atoms with Gasteiger partial charge < -0.3 is 34.1 Å². The summed E-state index contributed by atoms with van der Waals surface area (Å²) in [5.74, 6) is -1.11. The Balaban J connectivity index is 1.56. The number of thioether (sulfide) groups is 1. The number of fused-ring (bicyclic) bond motifs is 1. The molecule has 3 aliphatic heterocycles. The van der Waals surface area contributed by atoms with Crippen molar-refractivity contribution in [2.24, 2.45) is 11.8 Å². The standard InChI is InChI=1S/C27H36N4O7S/c1-5-11-37-26(35)23-24(16(3)22-21(17(4)33)25(34)31(22)23)39-19-13-18(30(14-19)27(36)38-12-6-2)7-9-29-10-8-28-20(29)15-32/h5-6,8,10,16-19,21-22,32-33H,1-2,7,9,11-15H2,3-4H3/t16-,17-,18-,19+,21-,22-/m1/s1. The number of nitrogens with zero attached hydrogens (tertiary/aromatic N) is 4. The molecule has 39 heavy (non-hydrogen) atoms. The van der Waals surface area contributed by atoms with Crippen LogP contribution in [-0.2, 0) is 32.2 Å². The number of imidazole rings is 1. The number of hydrogen-bond donors (Lipinski definition) is 2. The van der Waals surface area contributed by atoms with Crippen LogP contribution in [0.4, 0.5) is 4.79 Å². The van der Waals surface area contributed by atoms with Gasteiger partial charge in [0, 0.05) is 47.6 Å². The molecule has 11 nitrogen and oxygen atoms in total. The minimum atomic E-state index is -0.839. The van der Waals surface area contributed by atoms with Crippen LogP contribution in [0.25, 0.3) is 0 Å². The largest absolute Gasteiger partial charge is 0.457 e. The molecule has 4 heterocycles. The molecule has 4 rings (SSSR count). The average molecular weight is 561 g/mol. The van der Waals surface area contributed by atoms with Crippen LogP contribution in [0.2, 0.25) is 0 Å². The van der Waals surface area contributed by atoms with E-state index in [2.05, 4.69) is 18.1 Å². The van der Waals surface area contributed by atoms with E-state index in [0.717, 1.165) is 4.91 Å². The fraction of sp³-hybridized carbons (Fsp3) is 0.556. The van der Waals surface area contributed by atoms with Gasteiger partial charge in [0.25, 0.3) is 0 Å². The van der Waals surface area contributed by atoms with E-state index in [-0.39, 0.29) is 54.7 Å². The summed E-state index contributed by atoms with van der Waals surface area (Å²) in [5, 5.41) is 19.7. The van der Waals surface area contributed by atoms with Crippen molar-refractivity contribution in [3.8, 4) is 0 Å². The lowest BCUT2D eigenvalue weighted by atomic mass is 9.79. The molecular weight excluding hydrogens is 524 g/mol. The van der Waals surface area contributed by atoms with E-state index in [1.165, 1.54) is 28.8 Å². The number of amides is 2. The van der Waals surface area contributed by atoms with Crippen molar-refractivity contribution in [2.45, 2.75) is 63.3 Å². The van der Waals surface area contributed by atoms with Gasteiger partial charge in [0.05, 0.1) is 18.1 Å². The van der Waals surface area contributed by atoms with Crippen molar-refractivity contribution in [3.63, 3.8) is 0 Å². The Kier molecular flexibility index (Phi) is 9.19. The van der Waals surface area contributed by atoms with E-state index < -0.39 is 24.1 Å². The second kappa shape index (κ2) is 12.4. The van der Waals surface area contributed by atoms with Gasteiger partial charge in [-0.1, -0.05) is 32.2 Å².